The van der Waals surface area contributed by atoms with Crippen LogP contribution in [-0.2, 0) is 14.6 Å². The van der Waals surface area contributed by atoms with Gasteiger partial charge in [-0.25, -0.2) is 8.42 Å². The Morgan fingerprint density at radius 2 is 2.07 bits per heavy atom. The van der Waals surface area contributed by atoms with Crippen LogP contribution in [0, 0.1) is 0 Å². The van der Waals surface area contributed by atoms with E-state index in [1.54, 1.807) is 6.92 Å². The molecule has 1 aliphatic rings. The van der Waals surface area contributed by atoms with E-state index in [0.29, 0.717) is 12.8 Å². The van der Waals surface area contributed by atoms with Gasteiger partial charge in [0.05, 0.1) is 10.00 Å². The van der Waals surface area contributed by atoms with Gasteiger partial charge in [0.1, 0.15) is 0 Å². The van der Waals surface area contributed by atoms with Crippen LogP contribution in [0.1, 0.15) is 19.8 Å². The predicted molar refractivity (Wildman–Crippen MR) is 58.3 cm³/mol. The fourth-order valence-electron chi connectivity index (χ4n) is 1.21. The number of carbonyl (C=O) groups excluding carboxylic acids is 1. The molecule has 0 heterocycles. The van der Waals surface area contributed by atoms with E-state index in [4.69, 9.17) is 0 Å². The summed E-state index contributed by atoms with van der Waals surface area (Å²) >= 11 is 3.95. The summed E-state index contributed by atoms with van der Waals surface area (Å²) in [5.74, 6) is -0.219. The molecule has 4 nitrogen and oxygen atoms in total. The Morgan fingerprint density at radius 3 is 2.36 bits per heavy atom. The lowest BCUT2D eigenvalue weighted by molar-refractivity contribution is -0.120. The average Bonchev–Trinajstić information content (AvgIpc) is 2.78. The molecule has 1 rings (SSSR count). The van der Waals surface area contributed by atoms with Crippen molar-refractivity contribution in [1.82, 2.24) is 5.32 Å². The molecule has 1 aliphatic carbocycles. The Kier molecular flexibility index (Phi) is 3.16. The number of carbonyl (C=O) groups is 1. The summed E-state index contributed by atoms with van der Waals surface area (Å²) in [4.78, 5) is 11.2. The summed E-state index contributed by atoms with van der Waals surface area (Å²) in [5, 5.41) is 2.20. The molecule has 0 aromatic carbocycles. The molecule has 14 heavy (non-hydrogen) atoms. The maximum Gasteiger partial charge on any atom is 0.232 e. The quantitative estimate of drug-likeness (QED) is 0.676. The van der Waals surface area contributed by atoms with Crippen molar-refractivity contribution in [3.63, 3.8) is 0 Å². The molecule has 1 fully saturated rings. The van der Waals surface area contributed by atoms with Crippen molar-refractivity contribution >= 4 is 28.4 Å². The standard InChI is InChI=1S/C8H15NO3S2/c1-6(13)7(10)9-5-8(3-4-8)14(2,11)12/h6,13H,3-5H2,1-2H3,(H,9,10). The molecule has 0 aromatic heterocycles. The number of sulfone groups is 1. The average molecular weight is 237 g/mol. The van der Waals surface area contributed by atoms with Gasteiger partial charge in [-0.1, -0.05) is 0 Å². The molecule has 0 aromatic rings. The Bertz CT molecular complexity index is 330. The van der Waals surface area contributed by atoms with Crippen LogP contribution in [0.4, 0.5) is 0 Å². The number of rotatable bonds is 4. The molecule has 1 N–H and O–H groups in total. The van der Waals surface area contributed by atoms with Crippen molar-refractivity contribution in [1.29, 1.82) is 0 Å². The third kappa shape index (κ3) is 2.42. The van der Waals surface area contributed by atoms with Crippen LogP contribution < -0.4 is 5.32 Å². The number of hydrogen-bond acceptors (Lipinski definition) is 4. The summed E-state index contributed by atoms with van der Waals surface area (Å²) in [6.07, 6.45) is 2.51. The summed E-state index contributed by atoms with van der Waals surface area (Å²) < 4.78 is 22.0. The minimum Gasteiger partial charge on any atom is -0.354 e. The van der Waals surface area contributed by atoms with Gasteiger partial charge in [-0.05, 0) is 19.8 Å². The molecule has 0 spiro atoms. The topological polar surface area (TPSA) is 63.2 Å². The van der Waals surface area contributed by atoms with Gasteiger partial charge in [-0.15, -0.1) is 0 Å². The fourth-order valence-corrected chi connectivity index (χ4v) is 2.48. The summed E-state index contributed by atoms with van der Waals surface area (Å²) in [7, 11) is -3.05. The minimum absolute atomic E-state index is 0.218. The monoisotopic (exact) mass is 237 g/mol. The van der Waals surface area contributed by atoms with E-state index < -0.39 is 19.8 Å². The van der Waals surface area contributed by atoms with Crippen molar-refractivity contribution in [3.8, 4) is 0 Å². The van der Waals surface area contributed by atoms with Gasteiger partial charge in [-0.3, -0.25) is 4.79 Å². The van der Waals surface area contributed by atoms with Crippen LogP contribution in [0.15, 0.2) is 0 Å². The molecule has 0 bridgehead atoms. The summed E-state index contributed by atoms with van der Waals surface area (Å²) in [6, 6.07) is 0. The van der Waals surface area contributed by atoms with Gasteiger partial charge in [0.25, 0.3) is 0 Å². The van der Waals surface area contributed by atoms with Gasteiger partial charge >= 0.3 is 0 Å². The zero-order valence-electron chi connectivity index (χ0n) is 8.28. The third-order valence-electron chi connectivity index (χ3n) is 2.56. The van der Waals surface area contributed by atoms with Crippen LogP contribution in [0.5, 0.6) is 0 Å². The number of nitrogens with one attached hydrogen (secondary N) is 1. The Balaban J connectivity index is 2.51. The zero-order chi connectivity index (χ0) is 11.0. The smallest absolute Gasteiger partial charge is 0.232 e. The first kappa shape index (κ1) is 11.8. The first-order chi connectivity index (χ1) is 6.28. The molecular weight excluding hydrogens is 222 g/mol. The normalized spacial score (nSPS) is 21.4. The van der Waals surface area contributed by atoms with Gasteiger partial charge < -0.3 is 5.32 Å². The fraction of sp³-hybridized carbons (Fsp3) is 0.875. The van der Waals surface area contributed by atoms with Crippen LogP contribution >= 0.6 is 12.6 Å². The third-order valence-corrected chi connectivity index (χ3v) is 4.92. The van der Waals surface area contributed by atoms with Crippen LogP contribution in [0.3, 0.4) is 0 Å². The summed E-state index contributed by atoms with van der Waals surface area (Å²) in [5.41, 5.74) is 0. The second-order valence-electron chi connectivity index (χ2n) is 3.85. The van der Waals surface area contributed by atoms with E-state index in [1.807, 2.05) is 0 Å². The molecular formula is C8H15NO3S2. The number of amides is 1. The van der Waals surface area contributed by atoms with Crippen molar-refractivity contribution < 1.29 is 13.2 Å². The predicted octanol–water partition coefficient (Wildman–Crippen LogP) is -0.00190. The molecule has 1 atom stereocenters. The van der Waals surface area contributed by atoms with E-state index in [2.05, 4.69) is 17.9 Å². The molecule has 0 aliphatic heterocycles. The van der Waals surface area contributed by atoms with E-state index in [0.717, 1.165) is 0 Å². The van der Waals surface area contributed by atoms with E-state index in [1.165, 1.54) is 6.26 Å². The van der Waals surface area contributed by atoms with Gasteiger partial charge in [0.2, 0.25) is 5.91 Å². The van der Waals surface area contributed by atoms with E-state index in [-0.39, 0.29) is 12.5 Å². The zero-order valence-corrected chi connectivity index (χ0v) is 9.99. The Morgan fingerprint density at radius 1 is 1.57 bits per heavy atom. The molecule has 6 heteroatoms. The number of thiol groups is 1. The Hall–Kier alpha value is -0.230. The molecule has 0 saturated heterocycles. The molecule has 0 radical (unpaired) electrons. The first-order valence-electron chi connectivity index (χ1n) is 4.44. The maximum atomic E-state index is 11.3. The lowest BCUT2D eigenvalue weighted by Crippen LogP contribution is -2.40. The molecule has 82 valence electrons. The lowest BCUT2D eigenvalue weighted by Gasteiger charge is -2.14. The molecule has 1 amide bonds. The van der Waals surface area contributed by atoms with Crippen molar-refractivity contribution in [2.45, 2.75) is 29.8 Å². The second-order valence-corrected chi connectivity index (χ2v) is 7.03. The number of hydrogen-bond donors (Lipinski definition) is 2. The lowest BCUT2D eigenvalue weighted by atomic mass is 10.3. The van der Waals surface area contributed by atoms with Gasteiger partial charge in [0, 0.05) is 12.8 Å². The maximum absolute atomic E-state index is 11.3. The SMILES string of the molecule is CC(S)C(=O)NCC1(S(C)(=O)=O)CC1. The highest BCUT2D eigenvalue weighted by Gasteiger charge is 2.52. The molecule has 1 saturated carbocycles. The van der Waals surface area contributed by atoms with Crippen LogP contribution in [0.2, 0.25) is 0 Å². The van der Waals surface area contributed by atoms with Crippen LogP contribution in [0.25, 0.3) is 0 Å². The largest absolute Gasteiger partial charge is 0.354 e. The van der Waals surface area contributed by atoms with Gasteiger partial charge in [-0.2, -0.15) is 12.6 Å². The second kappa shape index (κ2) is 3.73. The molecule has 1 unspecified atom stereocenters. The highest BCUT2D eigenvalue weighted by Crippen LogP contribution is 2.42. The van der Waals surface area contributed by atoms with Crippen molar-refractivity contribution in [3.05, 3.63) is 0 Å². The highest BCUT2D eigenvalue weighted by atomic mass is 32.2. The Labute approximate surface area is 89.8 Å². The van der Waals surface area contributed by atoms with Crippen molar-refractivity contribution in [2.24, 2.45) is 0 Å². The van der Waals surface area contributed by atoms with E-state index in [9.17, 15) is 13.2 Å². The first-order valence-corrected chi connectivity index (χ1v) is 6.85. The summed E-state index contributed by atoms with van der Waals surface area (Å²) in [6.45, 7) is 1.87. The minimum atomic E-state index is -3.05. The van der Waals surface area contributed by atoms with Gasteiger partial charge in [0.15, 0.2) is 9.84 Å². The van der Waals surface area contributed by atoms with Crippen LogP contribution in [-0.4, -0.2) is 37.1 Å². The highest BCUT2D eigenvalue weighted by molar-refractivity contribution is 7.92. The van der Waals surface area contributed by atoms with E-state index >= 15 is 0 Å². The van der Waals surface area contributed by atoms with Crippen molar-refractivity contribution in [2.75, 3.05) is 12.8 Å².